The van der Waals surface area contributed by atoms with Gasteiger partial charge in [-0.15, -0.1) is 11.3 Å². The van der Waals surface area contributed by atoms with Crippen molar-refractivity contribution in [3.8, 4) is 0 Å². The molecule has 0 unspecified atom stereocenters. The molecule has 0 radical (unpaired) electrons. The molecule has 0 bridgehead atoms. The number of hydrogen-bond donors (Lipinski definition) is 1. The van der Waals surface area contributed by atoms with E-state index >= 15 is 0 Å². The Hall–Kier alpha value is -2.51. The fourth-order valence-corrected chi connectivity index (χ4v) is 4.04. The second-order valence-electron chi connectivity index (χ2n) is 5.30. The third-order valence-corrected chi connectivity index (χ3v) is 5.33. The molecule has 0 spiro atoms. The van der Waals surface area contributed by atoms with Crippen LogP contribution in [0.2, 0.25) is 0 Å². The number of halogens is 1. The zero-order valence-corrected chi connectivity index (χ0v) is 14.7. The average molecular weight is 374 g/mol. The number of rotatable bonds is 6. The third-order valence-electron chi connectivity index (χ3n) is 3.31. The Kier molecular flexibility index (Phi) is 5.25. The van der Waals surface area contributed by atoms with Gasteiger partial charge in [-0.3, -0.25) is 4.72 Å². The van der Waals surface area contributed by atoms with E-state index in [2.05, 4.69) is 9.71 Å². The lowest BCUT2D eigenvalue weighted by Crippen LogP contribution is -2.08. The van der Waals surface area contributed by atoms with Gasteiger partial charge in [0.1, 0.15) is 5.82 Å². The fraction of sp³-hybridized carbons (Fsp3) is 0.0556. The number of nitrogens with zero attached hydrogens (tertiary/aromatic N) is 1. The minimum atomic E-state index is -3.63. The summed E-state index contributed by atoms with van der Waals surface area (Å²) in [7, 11) is -3.63. The summed E-state index contributed by atoms with van der Waals surface area (Å²) in [6.07, 6.45) is 3.71. The minimum absolute atomic E-state index is 0.285. The summed E-state index contributed by atoms with van der Waals surface area (Å²) < 4.78 is 39.6. The minimum Gasteiger partial charge on any atom is -0.255 e. The normalized spacial score (nSPS) is 11.7. The van der Waals surface area contributed by atoms with Gasteiger partial charge in [-0.25, -0.2) is 17.8 Å². The first kappa shape index (κ1) is 17.3. The van der Waals surface area contributed by atoms with Gasteiger partial charge in [0.05, 0.1) is 5.41 Å². The van der Waals surface area contributed by atoms with Crippen LogP contribution in [0.25, 0.3) is 6.08 Å². The van der Waals surface area contributed by atoms with Crippen LogP contribution in [0.1, 0.15) is 16.0 Å². The Morgan fingerprint density at radius 3 is 2.52 bits per heavy atom. The Bertz CT molecular complexity index is 966. The lowest BCUT2D eigenvalue weighted by Gasteiger charge is -2.00. The van der Waals surface area contributed by atoms with Gasteiger partial charge in [0.25, 0.3) is 10.0 Å². The van der Waals surface area contributed by atoms with E-state index in [1.807, 2.05) is 30.3 Å². The predicted octanol–water partition coefficient (Wildman–Crippen LogP) is 4.29. The quantitative estimate of drug-likeness (QED) is 0.700. The molecule has 1 heterocycles. The Morgan fingerprint density at radius 2 is 1.80 bits per heavy atom. The lowest BCUT2D eigenvalue weighted by atomic mass is 10.1. The first-order valence-corrected chi connectivity index (χ1v) is 9.81. The predicted molar refractivity (Wildman–Crippen MR) is 99.3 cm³/mol. The number of thiazole rings is 1. The molecule has 4 nitrogen and oxygen atoms in total. The summed E-state index contributed by atoms with van der Waals surface area (Å²) in [5.74, 6) is -0.285. The van der Waals surface area contributed by atoms with Crippen molar-refractivity contribution >= 4 is 32.6 Å². The van der Waals surface area contributed by atoms with Gasteiger partial charge in [-0.2, -0.15) is 0 Å². The highest BCUT2D eigenvalue weighted by Crippen LogP contribution is 2.22. The van der Waals surface area contributed by atoms with Crippen molar-refractivity contribution in [3.05, 3.63) is 88.0 Å². The summed E-state index contributed by atoms with van der Waals surface area (Å²) in [4.78, 5) is 4.98. The second-order valence-corrected chi connectivity index (χ2v) is 7.98. The molecule has 1 aromatic heterocycles. The van der Waals surface area contributed by atoms with Crippen molar-refractivity contribution in [1.29, 1.82) is 0 Å². The maximum absolute atomic E-state index is 12.9. The van der Waals surface area contributed by atoms with Crippen LogP contribution in [0, 0.1) is 5.82 Å². The van der Waals surface area contributed by atoms with Gasteiger partial charge in [0.15, 0.2) is 5.13 Å². The van der Waals surface area contributed by atoms with Crippen LogP contribution in [0.15, 0.2) is 66.2 Å². The van der Waals surface area contributed by atoms with Crippen molar-refractivity contribution in [2.45, 2.75) is 6.42 Å². The fourth-order valence-electron chi connectivity index (χ4n) is 2.13. The summed E-state index contributed by atoms with van der Waals surface area (Å²) in [6.45, 7) is 0. The second kappa shape index (κ2) is 7.58. The van der Waals surface area contributed by atoms with E-state index in [9.17, 15) is 12.8 Å². The van der Waals surface area contributed by atoms with Crippen molar-refractivity contribution in [2.24, 2.45) is 0 Å². The van der Waals surface area contributed by atoms with Crippen molar-refractivity contribution in [3.63, 3.8) is 0 Å². The molecule has 0 aliphatic carbocycles. The van der Waals surface area contributed by atoms with E-state index in [4.69, 9.17) is 0 Å². The van der Waals surface area contributed by atoms with Gasteiger partial charge in [-0.05, 0) is 29.3 Å². The zero-order chi connectivity index (χ0) is 17.7. The molecule has 3 aromatic rings. The van der Waals surface area contributed by atoms with Crippen LogP contribution in [0.3, 0.4) is 0 Å². The number of benzene rings is 2. The topological polar surface area (TPSA) is 59.1 Å². The van der Waals surface area contributed by atoms with Gasteiger partial charge in [0.2, 0.25) is 0 Å². The van der Waals surface area contributed by atoms with Crippen LogP contribution in [-0.2, 0) is 16.4 Å². The molecule has 0 fully saturated rings. The van der Waals surface area contributed by atoms with E-state index in [-0.39, 0.29) is 5.82 Å². The summed E-state index contributed by atoms with van der Waals surface area (Å²) in [6, 6.07) is 15.4. The largest absolute Gasteiger partial charge is 0.256 e. The maximum Gasteiger partial charge on any atom is 0.256 e. The zero-order valence-electron chi connectivity index (χ0n) is 13.1. The smallest absolute Gasteiger partial charge is 0.255 e. The summed E-state index contributed by atoms with van der Waals surface area (Å²) >= 11 is 1.25. The van der Waals surface area contributed by atoms with Gasteiger partial charge in [-0.1, -0.05) is 42.5 Å². The summed E-state index contributed by atoms with van der Waals surface area (Å²) in [5, 5.41) is 1.42. The van der Waals surface area contributed by atoms with Gasteiger partial charge >= 0.3 is 0 Å². The molecular formula is C18H15FN2O2S2. The first-order valence-electron chi connectivity index (χ1n) is 7.45. The van der Waals surface area contributed by atoms with Crippen LogP contribution < -0.4 is 4.72 Å². The maximum atomic E-state index is 12.9. The molecule has 0 amide bonds. The Balaban J connectivity index is 1.66. The molecule has 0 aliphatic heterocycles. The van der Waals surface area contributed by atoms with E-state index in [1.54, 1.807) is 18.3 Å². The molecule has 128 valence electrons. The Morgan fingerprint density at radius 1 is 1.08 bits per heavy atom. The molecule has 0 aliphatic rings. The molecule has 3 rings (SSSR count). The van der Waals surface area contributed by atoms with Gasteiger partial charge < -0.3 is 0 Å². The number of aromatic nitrogens is 1. The van der Waals surface area contributed by atoms with E-state index in [0.29, 0.717) is 11.6 Å². The molecule has 0 saturated carbocycles. The lowest BCUT2D eigenvalue weighted by molar-refractivity contribution is 0.609. The average Bonchev–Trinajstić information content (AvgIpc) is 3.02. The van der Waals surface area contributed by atoms with Crippen molar-refractivity contribution in [2.75, 3.05) is 4.72 Å². The summed E-state index contributed by atoms with van der Waals surface area (Å²) in [5.41, 5.74) is 1.73. The number of nitrogens with one attached hydrogen (secondary N) is 1. The van der Waals surface area contributed by atoms with Crippen molar-refractivity contribution < 1.29 is 12.8 Å². The number of anilines is 1. The third kappa shape index (κ3) is 5.23. The monoisotopic (exact) mass is 374 g/mol. The van der Waals surface area contributed by atoms with E-state index in [0.717, 1.165) is 21.4 Å². The molecule has 0 saturated heterocycles. The molecular weight excluding hydrogens is 359 g/mol. The molecule has 7 heteroatoms. The number of hydrogen-bond acceptors (Lipinski definition) is 4. The molecule has 0 atom stereocenters. The highest BCUT2D eigenvalue weighted by Gasteiger charge is 2.10. The van der Waals surface area contributed by atoms with Gasteiger partial charge in [0, 0.05) is 17.5 Å². The number of sulfonamides is 1. The molecule has 2 aromatic carbocycles. The van der Waals surface area contributed by atoms with Crippen molar-refractivity contribution in [1.82, 2.24) is 4.98 Å². The highest BCUT2D eigenvalue weighted by atomic mass is 32.2. The standard InChI is InChI=1S/C18H15FN2O2S2/c19-16-8-6-15(7-9-16)12-17-13-20-18(24-17)21-25(22,23)11-10-14-4-2-1-3-5-14/h1-11,13H,12H2,(H,20,21)/b11-10+. The highest BCUT2D eigenvalue weighted by molar-refractivity contribution is 7.95. The van der Waals surface area contributed by atoms with Crippen LogP contribution >= 0.6 is 11.3 Å². The molecule has 1 N–H and O–H groups in total. The van der Waals surface area contributed by atoms with E-state index in [1.165, 1.54) is 29.5 Å². The van der Waals surface area contributed by atoms with Crippen LogP contribution in [-0.4, -0.2) is 13.4 Å². The SMILES string of the molecule is O=S(=O)(/C=C/c1ccccc1)Nc1ncc(Cc2ccc(F)cc2)s1. The first-order chi connectivity index (χ1) is 12.0. The Labute approximate surface area is 149 Å². The van der Waals surface area contributed by atoms with Crippen LogP contribution in [0.4, 0.5) is 9.52 Å². The molecule has 25 heavy (non-hydrogen) atoms. The van der Waals surface area contributed by atoms with Crippen LogP contribution in [0.5, 0.6) is 0 Å². The van der Waals surface area contributed by atoms with E-state index < -0.39 is 10.0 Å².